The summed E-state index contributed by atoms with van der Waals surface area (Å²) in [5.74, 6) is 0.195. The van der Waals surface area contributed by atoms with Crippen LogP contribution in [0.4, 0.5) is 0 Å². The number of esters is 1. The second-order valence-electron chi connectivity index (χ2n) is 8.11. The van der Waals surface area contributed by atoms with Crippen LogP contribution < -0.4 is 4.72 Å². The van der Waals surface area contributed by atoms with Crippen LogP contribution in [0.3, 0.4) is 0 Å². The van der Waals surface area contributed by atoms with E-state index in [1.165, 1.54) is 0 Å². The molecule has 1 atom stereocenters. The highest BCUT2D eigenvalue weighted by Crippen LogP contribution is 2.40. The predicted octanol–water partition coefficient (Wildman–Crippen LogP) is 2.94. The smallest absolute Gasteiger partial charge is 0.306 e. The van der Waals surface area contributed by atoms with Gasteiger partial charge in [0.15, 0.2) is 0 Å². The summed E-state index contributed by atoms with van der Waals surface area (Å²) in [6, 6.07) is 0. The van der Waals surface area contributed by atoms with E-state index in [-0.39, 0.29) is 16.3 Å². The van der Waals surface area contributed by atoms with Gasteiger partial charge in [0.1, 0.15) is 5.60 Å². The number of ether oxygens (including phenoxy) is 1. The molecule has 0 aromatic heterocycles. The normalized spacial score (nSPS) is 28.6. The van der Waals surface area contributed by atoms with Gasteiger partial charge in [0.2, 0.25) is 0 Å². The fourth-order valence-corrected chi connectivity index (χ4v) is 3.36. The van der Waals surface area contributed by atoms with Crippen LogP contribution in [0.25, 0.3) is 0 Å². The Morgan fingerprint density at radius 3 is 2.15 bits per heavy atom. The Morgan fingerprint density at radius 2 is 1.75 bits per heavy atom. The molecule has 1 rings (SSSR count). The SMILES string of the molecule is CC1(NS(=O)C(C)(C)C)CC(CC(=O)OC(C)(C)C)C1. The van der Waals surface area contributed by atoms with E-state index in [0.29, 0.717) is 12.3 Å². The van der Waals surface area contributed by atoms with Crippen molar-refractivity contribution in [3.63, 3.8) is 0 Å². The Bertz CT molecular complexity index is 387. The fourth-order valence-electron chi connectivity index (χ4n) is 2.44. The van der Waals surface area contributed by atoms with Crippen LogP contribution in [0.5, 0.6) is 0 Å². The van der Waals surface area contributed by atoms with E-state index in [9.17, 15) is 9.00 Å². The number of carbonyl (C=O) groups excluding carboxylic acids is 1. The largest absolute Gasteiger partial charge is 0.460 e. The summed E-state index contributed by atoms with van der Waals surface area (Å²) in [7, 11) is -1.07. The van der Waals surface area contributed by atoms with E-state index in [2.05, 4.69) is 11.6 Å². The molecule has 1 fully saturated rings. The molecule has 1 aliphatic carbocycles. The number of hydrogen-bond acceptors (Lipinski definition) is 3. The second kappa shape index (κ2) is 5.76. The summed E-state index contributed by atoms with van der Waals surface area (Å²) in [6.07, 6.45) is 2.19. The Hall–Kier alpha value is -0.420. The van der Waals surface area contributed by atoms with Crippen molar-refractivity contribution in [2.75, 3.05) is 0 Å². The van der Waals surface area contributed by atoms with E-state index in [4.69, 9.17) is 4.74 Å². The van der Waals surface area contributed by atoms with E-state index in [1.807, 2.05) is 41.5 Å². The molecule has 1 unspecified atom stereocenters. The summed E-state index contributed by atoms with van der Waals surface area (Å²) in [5.41, 5.74) is -0.541. The average molecular weight is 303 g/mol. The van der Waals surface area contributed by atoms with Crippen LogP contribution in [0.1, 0.15) is 67.7 Å². The fraction of sp³-hybridized carbons (Fsp3) is 0.933. The molecule has 0 aliphatic heterocycles. The minimum atomic E-state index is -1.07. The first-order valence-corrected chi connectivity index (χ1v) is 8.37. The van der Waals surface area contributed by atoms with Gasteiger partial charge in [-0.1, -0.05) is 0 Å². The molecule has 0 bridgehead atoms. The first-order valence-electron chi connectivity index (χ1n) is 7.22. The highest BCUT2D eigenvalue weighted by Gasteiger charge is 2.43. The predicted molar refractivity (Wildman–Crippen MR) is 82.6 cm³/mol. The van der Waals surface area contributed by atoms with Crippen molar-refractivity contribution in [2.45, 2.75) is 83.6 Å². The van der Waals surface area contributed by atoms with Crippen molar-refractivity contribution in [1.82, 2.24) is 4.72 Å². The topological polar surface area (TPSA) is 55.4 Å². The van der Waals surface area contributed by atoms with Crippen molar-refractivity contribution >= 4 is 17.0 Å². The van der Waals surface area contributed by atoms with Crippen molar-refractivity contribution < 1.29 is 13.7 Å². The van der Waals surface area contributed by atoms with E-state index in [1.54, 1.807) is 0 Å². The molecule has 0 radical (unpaired) electrons. The van der Waals surface area contributed by atoms with E-state index in [0.717, 1.165) is 12.8 Å². The highest BCUT2D eigenvalue weighted by molar-refractivity contribution is 7.84. The van der Waals surface area contributed by atoms with Crippen LogP contribution in [-0.4, -0.2) is 26.1 Å². The zero-order valence-electron chi connectivity index (χ0n) is 13.8. The standard InChI is InChI=1S/C15H29NO3S/c1-13(2,3)19-12(17)8-11-9-15(7,10-11)16-20(18)14(4,5)6/h11,16H,8-10H2,1-7H3. The quantitative estimate of drug-likeness (QED) is 0.812. The molecular formula is C15H29NO3S. The molecule has 1 aliphatic rings. The van der Waals surface area contributed by atoms with Gasteiger partial charge < -0.3 is 4.74 Å². The molecule has 118 valence electrons. The maximum atomic E-state index is 12.1. The Morgan fingerprint density at radius 1 is 1.25 bits per heavy atom. The van der Waals surface area contributed by atoms with Gasteiger partial charge in [0.25, 0.3) is 0 Å². The molecule has 0 aromatic carbocycles. The van der Waals surface area contributed by atoms with E-state index < -0.39 is 16.6 Å². The van der Waals surface area contributed by atoms with Crippen molar-refractivity contribution in [3.8, 4) is 0 Å². The minimum absolute atomic E-state index is 0.120. The number of carbonyl (C=O) groups is 1. The molecule has 0 amide bonds. The molecular weight excluding hydrogens is 274 g/mol. The zero-order valence-corrected chi connectivity index (χ0v) is 14.6. The summed E-state index contributed by atoms with van der Waals surface area (Å²) in [4.78, 5) is 11.8. The molecule has 20 heavy (non-hydrogen) atoms. The average Bonchev–Trinajstić information content (AvgIpc) is 2.09. The van der Waals surface area contributed by atoms with Crippen LogP contribution in [0.15, 0.2) is 0 Å². The third kappa shape index (κ3) is 5.52. The Balaban J connectivity index is 2.38. The Kier molecular flexibility index (Phi) is 5.08. The van der Waals surface area contributed by atoms with Gasteiger partial charge in [-0.15, -0.1) is 0 Å². The van der Waals surface area contributed by atoms with Crippen LogP contribution in [0, 0.1) is 5.92 Å². The lowest BCUT2D eigenvalue weighted by Gasteiger charge is -2.46. The lowest BCUT2D eigenvalue weighted by atomic mass is 9.69. The highest BCUT2D eigenvalue weighted by atomic mass is 32.2. The third-order valence-electron chi connectivity index (χ3n) is 3.25. The lowest BCUT2D eigenvalue weighted by molar-refractivity contribution is -0.157. The zero-order chi connectivity index (χ0) is 15.8. The summed E-state index contributed by atoms with van der Waals surface area (Å²) >= 11 is 0. The third-order valence-corrected chi connectivity index (χ3v) is 5.04. The monoisotopic (exact) mass is 303 g/mol. The summed E-state index contributed by atoms with van der Waals surface area (Å²) in [5, 5.41) is 0. The van der Waals surface area contributed by atoms with Gasteiger partial charge >= 0.3 is 5.97 Å². The lowest BCUT2D eigenvalue weighted by Crippen LogP contribution is -2.56. The van der Waals surface area contributed by atoms with E-state index >= 15 is 0 Å². The minimum Gasteiger partial charge on any atom is -0.460 e. The molecule has 5 heteroatoms. The molecule has 0 aromatic rings. The number of rotatable bonds is 4. The van der Waals surface area contributed by atoms with Gasteiger partial charge in [0.05, 0.1) is 15.7 Å². The van der Waals surface area contributed by atoms with Gasteiger partial charge in [0, 0.05) is 12.0 Å². The van der Waals surface area contributed by atoms with Gasteiger partial charge in [-0.05, 0) is 67.2 Å². The van der Waals surface area contributed by atoms with Crippen LogP contribution in [-0.2, 0) is 20.5 Å². The summed E-state index contributed by atoms with van der Waals surface area (Å²) in [6.45, 7) is 13.6. The number of nitrogens with one attached hydrogen (secondary N) is 1. The molecule has 4 nitrogen and oxygen atoms in total. The van der Waals surface area contributed by atoms with Gasteiger partial charge in [-0.2, -0.15) is 0 Å². The van der Waals surface area contributed by atoms with Crippen molar-refractivity contribution in [1.29, 1.82) is 0 Å². The molecule has 0 heterocycles. The maximum absolute atomic E-state index is 12.1. The van der Waals surface area contributed by atoms with Crippen molar-refractivity contribution in [3.05, 3.63) is 0 Å². The molecule has 0 saturated heterocycles. The molecule has 1 N–H and O–H groups in total. The first-order chi connectivity index (χ1) is 8.81. The van der Waals surface area contributed by atoms with Crippen molar-refractivity contribution in [2.24, 2.45) is 5.92 Å². The second-order valence-corrected chi connectivity index (χ2v) is 10.1. The summed E-state index contributed by atoms with van der Waals surface area (Å²) < 4.78 is 20.4. The maximum Gasteiger partial charge on any atom is 0.306 e. The molecule has 0 spiro atoms. The number of hydrogen-bond donors (Lipinski definition) is 1. The van der Waals surface area contributed by atoms with Gasteiger partial charge in [-0.25, -0.2) is 8.93 Å². The van der Waals surface area contributed by atoms with Gasteiger partial charge in [-0.3, -0.25) is 4.79 Å². The van der Waals surface area contributed by atoms with Crippen LogP contribution >= 0.6 is 0 Å². The molecule has 1 saturated carbocycles. The van der Waals surface area contributed by atoms with Crippen LogP contribution in [0.2, 0.25) is 0 Å². The Labute approximate surface area is 125 Å². The first kappa shape index (κ1) is 17.6.